The number of ether oxygens (including phenoxy) is 2. The van der Waals surface area contributed by atoms with Crippen LogP contribution in [-0.2, 0) is 11.3 Å². The summed E-state index contributed by atoms with van der Waals surface area (Å²) in [6.07, 6.45) is 1.72. The largest absolute Gasteiger partial charge is 0.493 e. The number of carbonyl (C=O) groups is 1. The molecule has 0 spiro atoms. The second-order valence-corrected chi connectivity index (χ2v) is 6.61. The minimum absolute atomic E-state index is 0.151. The van der Waals surface area contributed by atoms with Crippen LogP contribution in [0.3, 0.4) is 0 Å². The van der Waals surface area contributed by atoms with Crippen LogP contribution in [0.15, 0.2) is 47.8 Å². The maximum Gasteiger partial charge on any atom is 0.234 e. The van der Waals surface area contributed by atoms with Crippen LogP contribution in [0.2, 0.25) is 0 Å². The summed E-state index contributed by atoms with van der Waals surface area (Å²) in [6.45, 7) is 2.68. The SMILES string of the molecule is CCn1c(SCC(=O)Nc2ccc(OC)c(OC)c2)nnc1-c1ccccn1. The summed E-state index contributed by atoms with van der Waals surface area (Å²) in [7, 11) is 3.12. The molecule has 0 aliphatic rings. The van der Waals surface area contributed by atoms with Crippen molar-refractivity contribution in [3.05, 3.63) is 42.6 Å². The molecule has 1 N–H and O–H groups in total. The van der Waals surface area contributed by atoms with Crippen molar-refractivity contribution in [2.24, 2.45) is 0 Å². The smallest absolute Gasteiger partial charge is 0.234 e. The van der Waals surface area contributed by atoms with Crippen LogP contribution in [0, 0.1) is 0 Å². The molecule has 0 unspecified atom stereocenters. The third-order valence-corrected chi connectivity index (χ3v) is 4.89. The zero-order valence-corrected chi connectivity index (χ0v) is 16.7. The van der Waals surface area contributed by atoms with E-state index in [4.69, 9.17) is 9.47 Å². The number of aromatic nitrogens is 4. The Morgan fingerprint density at radius 1 is 1.14 bits per heavy atom. The van der Waals surface area contributed by atoms with Gasteiger partial charge in [-0.3, -0.25) is 9.78 Å². The molecule has 0 bridgehead atoms. The Kier molecular flexibility index (Phi) is 6.49. The highest BCUT2D eigenvalue weighted by atomic mass is 32.2. The summed E-state index contributed by atoms with van der Waals surface area (Å²) in [5.41, 5.74) is 1.38. The first kappa shape index (κ1) is 19.7. The molecule has 0 aliphatic heterocycles. The molecule has 28 heavy (non-hydrogen) atoms. The maximum absolute atomic E-state index is 12.3. The number of amides is 1. The second kappa shape index (κ2) is 9.23. The minimum Gasteiger partial charge on any atom is -0.493 e. The van der Waals surface area contributed by atoms with Crippen LogP contribution in [-0.4, -0.2) is 45.6 Å². The second-order valence-electron chi connectivity index (χ2n) is 5.67. The Labute approximate surface area is 167 Å². The summed E-state index contributed by atoms with van der Waals surface area (Å²) < 4.78 is 12.4. The van der Waals surface area contributed by atoms with Gasteiger partial charge in [0.1, 0.15) is 5.69 Å². The van der Waals surface area contributed by atoms with E-state index in [1.54, 1.807) is 38.6 Å². The lowest BCUT2D eigenvalue weighted by Gasteiger charge is -2.10. The molecule has 0 saturated heterocycles. The minimum atomic E-state index is -0.151. The van der Waals surface area contributed by atoms with Gasteiger partial charge in [0.2, 0.25) is 5.91 Å². The average Bonchev–Trinajstić information content (AvgIpc) is 3.15. The van der Waals surface area contributed by atoms with Gasteiger partial charge >= 0.3 is 0 Å². The molecule has 2 heterocycles. The van der Waals surface area contributed by atoms with Crippen molar-refractivity contribution in [2.75, 3.05) is 25.3 Å². The monoisotopic (exact) mass is 399 g/mol. The standard InChI is InChI=1S/C19H21N5O3S/c1-4-24-18(14-7-5-6-10-20-14)22-23-19(24)28-12-17(25)21-13-8-9-15(26-2)16(11-13)27-3/h5-11H,4,12H2,1-3H3,(H,21,25). The highest BCUT2D eigenvalue weighted by Crippen LogP contribution is 2.30. The molecule has 9 heteroatoms. The molecular weight excluding hydrogens is 378 g/mol. The highest BCUT2D eigenvalue weighted by Gasteiger charge is 2.15. The van der Waals surface area contributed by atoms with E-state index >= 15 is 0 Å². The average molecular weight is 399 g/mol. The van der Waals surface area contributed by atoms with Crippen LogP contribution >= 0.6 is 11.8 Å². The summed E-state index contributed by atoms with van der Waals surface area (Å²) in [5, 5.41) is 12.0. The summed E-state index contributed by atoms with van der Waals surface area (Å²) >= 11 is 1.33. The molecule has 146 valence electrons. The van der Waals surface area contributed by atoms with Gasteiger partial charge < -0.3 is 19.4 Å². The van der Waals surface area contributed by atoms with E-state index in [0.717, 1.165) is 5.69 Å². The molecule has 8 nitrogen and oxygen atoms in total. The molecule has 0 aliphatic carbocycles. The Bertz CT molecular complexity index is 946. The van der Waals surface area contributed by atoms with Gasteiger partial charge in [0, 0.05) is 24.5 Å². The molecule has 1 aromatic carbocycles. The predicted molar refractivity (Wildman–Crippen MR) is 108 cm³/mol. The van der Waals surface area contributed by atoms with Crippen molar-refractivity contribution in [2.45, 2.75) is 18.6 Å². The normalized spacial score (nSPS) is 10.5. The number of pyridine rings is 1. The molecule has 2 aromatic heterocycles. The van der Waals surface area contributed by atoms with Gasteiger partial charge in [0.15, 0.2) is 22.5 Å². The number of rotatable bonds is 8. The highest BCUT2D eigenvalue weighted by molar-refractivity contribution is 7.99. The van der Waals surface area contributed by atoms with E-state index in [1.807, 2.05) is 29.7 Å². The quantitative estimate of drug-likeness (QED) is 0.582. The first-order valence-electron chi connectivity index (χ1n) is 8.65. The first-order chi connectivity index (χ1) is 13.7. The van der Waals surface area contributed by atoms with Gasteiger partial charge in [-0.1, -0.05) is 17.8 Å². The number of methoxy groups -OCH3 is 2. The fourth-order valence-electron chi connectivity index (χ4n) is 2.61. The van der Waals surface area contributed by atoms with Gasteiger partial charge in [0.05, 0.1) is 20.0 Å². The van der Waals surface area contributed by atoms with E-state index in [1.165, 1.54) is 11.8 Å². The molecule has 3 aromatic rings. The molecule has 0 atom stereocenters. The summed E-state index contributed by atoms with van der Waals surface area (Å²) in [5.74, 6) is 1.90. The Morgan fingerprint density at radius 2 is 1.96 bits per heavy atom. The number of benzene rings is 1. The summed E-state index contributed by atoms with van der Waals surface area (Å²) in [6, 6.07) is 10.9. The Balaban J connectivity index is 1.66. The molecule has 1 amide bonds. The van der Waals surface area contributed by atoms with E-state index in [0.29, 0.717) is 34.7 Å². The van der Waals surface area contributed by atoms with Gasteiger partial charge in [-0.05, 0) is 31.2 Å². The molecule has 0 fully saturated rings. The molecule has 0 radical (unpaired) electrons. The number of nitrogens with one attached hydrogen (secondary N) is 1. The Hall–Kier alpha value is -3.07. The topological polar surface area (TPSA) is 91.2 Å². The number of hydrogen-bond donors (Lipinski definition) is 1. The number of thioether (sulfide) groups is 1. The van der Waals surface area contributed by atoms with Gasteiger partial charge in [-0.15, -0.1) is 10.2 Å². The van der Waals surface area contributed by atoms with Crippen LogP contribution < -0.4 is 14.8 Å². The van der Waals surface area contributed by atoms with Crippen molar-refractivity contribution in [3.8, 4) is 23.0 Å². The van der Waals surface area contributed by atoms with Crippen molar-refractivity contribution in [3.63, 3.8) is 0 Å². The predicted octanol–water partition coefficient (Wildman–Crippen LogP) is 3.11. The maximum atomic E-state index is 12.3. The third kappa shape index (κ3) is 4.42. The van der Waals surface area contributed by atoms with Gasteiger partial charge in [0.25, 0.3) is 0 Å². The van der Waals surface area contributed by atoms with Crippen LogP contribution in [0.4, 0.5) is 5.69 Å². The van der Waals surface area contributed by atoms with Crippen LogP contribution in [0.1, 0.15) is 6.92 Å². The van der Waals surface area contributed by atoms with Crippen molar-refractivity contribution in [1.29, 1.82) is 0 Å². The van der Waals surface area contributed by atoms with E-state index in [-0.39, 0.29) is 11.7 Å². The lowest BCUT2D eigenvalue weighted by Crippen LogP contribution is -2.14. The van der Waals surface area contributed by atoms with Crippen molar-refractivity contribution >= 4 is 23.4 Å². The number of hydrogen-bond acceptors (Lipinski definition) is 7. The van der Waals surface area contributed by atoms with E-state index in [9.17, 15) is 4.79 Å². The molecular formula is C19H21N5O3S. The first-order valence-corrected chi connectivity index (χ1v) is 9.64. The van der Waals surface area contributed by atoms with E-state index in [2.05, 4.69) is 20.5 Å². The number of nitrogens with zero attached hydrogens (tertiary/aromatic N) is 4. The fourth-order valence-corrected chi connectivity index (χ4v) is 3.41. The lowest BCUT2D eigenvalue weighted by atomic mass is 10.2. The zero-order valence-electron chi connectivity index (χ0n) is 15.9. The van der Waals surface area contributed by atoms with Gasteiger partial charge in [-0.25, -0.2) is 0 Å². The van der Waals surface area contributed by atoms with Crippen LogP contribution in [0.5, 0.6) is 11.5 Å². The molecule has 0 saturated carbocycles. The fraction of sp³-hybridized carbons (Fsp3) is 0.263. The number of carbonyl (C=O) groups excluding carboxylic acids is 1. The summed E-state index contributed by atoms with van der Waals surface area (Å²) in [4.78, 5) is 16.7. The van der Waals surface area contributed by atoms with Crippen LogP contribution in [0.25, 0.3) is 11.5 Å². The van der Waals surface area contributed by atoms with Crippen molar-refractivity contribution < 1.29 is 14.3 Å². The van der Waals surface area contributed by atoms with E-state index < -0.39 is 0 Å². The van der Waals surface area contributed by atoms with Crippen molar-refractivity contribution in [1.82, 2.24) is 19.7 Å². The third-order valence-electron chi connectivity index (χ3n) is 3.93. The zero-order chi connectivity index (χ0) is 19.9. The number of anilines is 1. The lowest BCUT2D eigenvalue weighted by molar-refractivity contribution is -0.113. The van der Waals surface area contributed by atoms with Gasteiger partial charge in [-0.2, -0.15) is 0 Å². The Morgan fingerprint density at radius 3 is 2.64 bits per heavy atom. The molecule has 3 rings (SSSR count).